The molecule has 0 aromatic heterocycles. The molecule has 1 unspecified atom stereocenters. The normalized spacial score (nSPS) is 11.6. The fourth-order valence-electron chi connectivity index (χ4n) is 2.89. The SMILES string of the molecule is COC(=O)c1c(F)ccc(N(CCCCc2ccc(OC)cc2)S(=O)[O-])c1OC. The monoisotopic (exact) mass is 424 g/mol. The highest BCUT2D eigenvalue weighted by atomic mass is 32.2. The van der Waals surface area contributed by atoms with E-state index in [1.807, 2.05) is 24.3 Å². The van der Waals surface area contributed by atoms with Crippen molar-refractivity contribution in [1.82, 2.24) is 0 Å². The minimum atomic E-state index is -2.64. The molecule has 0 bridgehead atoms. The zero-order chi connectivity index (χ0) is 21.4. The van der Waals surface area contributed by atoms with Gasteiger partial charge in [-0.1, -0.05) is 12.1 Å². The zero-order valence-electron chi connectivity index (χ0n) is 16.5. The second kappa shape index (κ2) is 10.8. The van der Waals surface area contributed by atoms with E-state index in [-0.39, 0.29) is 18.0 Å². The van der Waals surface area contributed by atoms with Gasteiger partial charge in [-0.25, -0.2) is 9.18 Å². The van der Waals surface area contributed by atoms with E-state index in [1.54, 1.807) is 7.11 Å². The largest absolute Gasteiger partial charge is 0.755 e. The first-order chi connectivity index (χ1) is 13.9. The molecule has 0 saturated heterocycles. The first-order valence-electron chi connectivity index (χ1n) is 8.87. The average Bonchev–Trinajstić information content (AvgIpc) is 2.73. The van der Waals surface area contributed by atoms with Crippen LogP contribution >= 0.6 is 0 Å². The van der Waals surface area contributed by atoms with E-state index in [9.17, 15) is 17.9 Å². The van der Waals surface area contributed by atoms with Crippen LogP contribution in [0.2, 0.25) is 0 Å². The van der Waals surface area contributed by atoms with Crippen LogP contribution in [0.5, 0.6) is 11.5 Å². The predicted octanol–water partition coefficient (Wildman–Crippen LogP) is 3.25. The Hall–Kier alpha value is -2.65. The Morgan fingerprint density at radius 2 is 1.76 bits per heavy atom. The fraction of sp³-hybridized carbons (Fsp3) is 0.350. The number of unbranched alkanes of at least 4 members (excludes halogenated alkanes) is 1. The molecule has 0 aliphatic carbocycles. The zero-order valence-corrected chi connectivity index (χ0v) is 17.3. The molecule has 0 aliphatic rings. The number of anilines is 1. The Kier molecular flexibility index (Phi) is 8.41. The number of benzene rings is 2. The second-order valence-corrected chi connectivity index (χ2v) is 6.97. The number of methoxy groups -OCH3 is 3. The Morgan fingerprint density at radius 3 is 2.31 bits per heavy atom. The van der Waals surface area contributed by atoms with Crippen LogP contribution < -0.4 is 13.8 Å². The van der Waals surface area contributed by atoms with Gasteiger partial charge in [0.05, 0.1) is 27.0 Å². The number of halogens is 1. The van der Waals surface area contributed by atoms with E-state index in [4.69, 9.17) is 9.47 Å². The number of ether oxygens (including phenoxy) is 3. The molecule has 2 rings (SSSR count). The number of esters is 1. The van der Waals surface area contributed by atoms with Gasteiger partial charge >= 0.3 is 5.97 Å². The van der Waals surface area contributed by atoms with E-state index in [1.165, 1.54) is 13.2 Å². The number of rotatable bonds is 10. The van der Waals surface area contributed by atoms with Crippen molar-refractivity contribution < 1.29 is 32.2 Å². The smallest absolute Gasteiger partial charge is 0.344 e. The summed E-state index contributed by atoms with van der Waals surface area (Å²) in [5.74, 6) is -1.21. The van der Waals surface area contributed by atoms with Crippen molar-refractivity contribution in [2.45, 2.75) is 19.3 Å². The third-order valence-corrected chi connectivity index (χ3v) is 5.10. The van der Waals surface area contributed by atoms with Crippen LogP contribution in [-0.4, -0.2) is 42.6 Å². The molecule has 0 N–H and O–H groups in total. The maximum atomic E-state index is 14.1. The predicted molar refractivity (Wildman–Crippen MR) is 106 cm³/mol. The maximum absolute atomic E-state index is 14.1. The molecular formula is C20H23FNO6S-. The molecule has 29 heavy (non-hydrogen) atoms. The van der Waals surface area contributed by atoms with Gasteiger partial charge in [0, 0.05) is 17.8 Å². The molecule has 1 atom stereocenters. The summed E-state index contributed by atoms with van der Waals surface area (Å²) in [7, 11) is 3.94. The molecule has 0 fully saturated rings. The summed E-state index contributed by atoms with van der Waals surface area (Å²) in [5, 5.41) is 0. The quantitative estimate of drug-likeness (QED) is 0.331. The molecule has 158 valence electrons. The van der Waals surface area contributed by atoms with Crippen molar-refractivity contribution in [1.29, 1.82) is 0 Å². The van der Waals surface area contributed by atoms with Gasteiger partial charge in [-0.15, -0.1) is 0 Å². The molecule has 2 aromatic carbocycles. The van der Waals surface area contributed by atoms with Gasteiger partial charge in [-0.3, -0.25) is 8.51 Å². The second-order valence-electron chi connectivity index (χ2n) is 6.09. The number of carbonyl (C=O) groups is 1. The van der Waals surface area contributed by atoms with Gasteiger partial charge in [0.15, 0.2) is 5.75 Å². The van der Waals surface area contributed by atoms with E-state index < -0.39 is 28.6 Å². The summed E-state index contributed by atoms with van der Waals surface area (Å²) >= 11 is -2.64. The Morgan fingerprint density at radius 1 is 1.07 bits per heavy atom. The first-order valence-corrected chi connectivity index (χ1v) is 9.90. The van der Waals surface area contributed by atoms with Gasteiger partial charge < -0.3 is 18.8 Å². The lowest BCUT2D eigenvalue weighted by Gasteiger charge is -2.28. The van der Waals surface area contributed by atoms with Gasteiger partial charge in [0.2, 0.25) is 0 Å². The highest BCUT2D eigenvalue weighted by Gasteiger charge is 2.24. The fourth-order valence-corrected chi connectivity index (χ4v) is 3.48. The van der Waals surface area contributed by atoms with Crippen LogP contribution in [0.15, 0.2) is 36.4 Å². The van der Waals surface area contributed by atoms with Crippen LogP contribution in [0.3, 0.4) is 0 Å². The first kappa shape index (κ1) is 22.6. The Bertz CT molecular complexity index is 859. The summed E-state index contributed by atoms with van der Waals surface area (Å²) in [6.07, 6.45) is 2.04. The maximum Gasteiger partial charge on any atom is 0.344 e. The minimum absolute atomic E-state index is 0.0760. The summed E-state index contributed by atoms with van der Waals surface area (Å²) < 4.78 is 53.6. The molecule has 0 radical (unpaired) electrons. The molecule has 2 aromatic rings. The van der Waals surface area contributed by atoms with Crippen LogP contribution in [0.1, 0.15) is 28.8 Å². The highest BCUT2D eigenvalue weighted by molar-refractivity contribution is 7.80. The number of hydrogen-bond donors (Lipinski definition) is 0. The number of carbonyl (C=O) groups excluding carboxylic acids is 1. The summed E-state index contributed by atoms with van der Waals surface area (Å²) in [4.78, 5) is 11.9. The van der Waals surface area contributed by atoms with Gasteiger partial charge in [0.25, 0.3) is 0 Å². The molecule has 9 heteroatoms. The lowest BCUT2D eigenvalue weighted by atomic mass is 10.1. The Balaban J connectivity index is 2.13. The van der Waals surface area contributed by atoms with E-state index in [2.05, 4.69) is 4.74 Å². The number of hydrogen-bond acceptors (Lipinski definition) is 6. The third-order valence-electron chi connectivity index (χ3n) is 4.36. The standard InChI is InChI=1S/C20H24FNO6S/c1-26-15-9-7-14(8-10-15)6-4-5-13-22(29(24)25)17-12-11-16(21)18(19(17)27-2)20(23)28-3/h7-12H,4-6,13H2,1-3H3,(H,24,25)/p-1. The van der Waals surface area contributed by atoms with Crippen molar-refractivity contribution >= 4 is 22.9 Å². The molecular weight excluding hydrogens is 401 g/mol. The van der Waals surface area contributed by atoms with Gasteiger partial charge in [0.1, 0.15) is 17.1 Å². The van der Waals surface area contributed by atoms with Crippen molar-refractivity contribution in [3.8, 4) is 11.5 Å². The van der Waals surface area contributed by atoms with Crippen molar-refractivity contribution in [2.24, 2.45) is 0 Å². The lowest BCUT2D eigenvalue weighted by molar-refractivity contribution is 0.0591. The molecule has 0 amide bonds. The minimum Gasteiger partial charge on any atom is -0.755 e. The van der Waals surface area contributed by atoms with Crippen LogP contribution in [-0.2, 0) is 22.4 Å². The molecule has 0 saturated carbocycles. The van der Waals surface area contributed by atoms with Crippen molar-refractivity contribution in [2.75, 3.05) is 32.2 Å². The number of aryl methyl sites for hydroxylation is 1. The van der Waals surface area contributed by atoms with Crippen LogP contribution in [0.25, 0.3) is 0 Å². The topological polar surface area (TPSA) is 88.1 Å². The van der Waals surface area contributed by atoms with Gasteiger partial charge in [-0.2, -0.15) is 0 Å². The number of nitrogens with zero attached hydrogens (tertiary/aromatic N) is 1. The molecule has 0 aliphatic heterocycles. The molecule has 0 spiro atoms. The van der Waals surface area contributed by atoms with Crippen LogP contribution in [0, 0.1) is 5.82 Å². The van der Waals surface area contributed by atoms with Crippen molar-refractivity contribution in [3.05, 3.63) is 53.3 Å². The highest BCUT2D eigenvalue weighted by Crippen LogP contribution is 2.35. The average molecular weight is 424 g/mol. The summed E-state index contributed by atoms with van der Waals surface area (Å²) in [6, 6.07) is 9.92. The van der Waals surface area contributed by atoms with Crippen molar-refractivity contribution in [3.63, 3.8) is 0 Å². The third kappa shape index (κ3) is 5.68. The van der Waals surface area contributed by atoms with Gasteiger partial charge in [-0.05, 0) is 49.1 Å². The summed E-state index contributed by atoms with van der Waals surface area (Å²) in [6.45, 7) is 0.148. The summed E-state index contributed by atoms with van der Waals surface area (Å²) in [5.41, 5.74) is 0.737. The lowest BCUT2D eigenvalue weighted by Crippen LogP contribution is -2.28. The van der Waals surface area contributed by atoms with E-state index >= 15 is 0 Å². The Labute approximate surface area is 171 Å². The molecule has 0 heterocycles. The molecule has 7 nitrogen and oxygen atoms in total. The van der Waals surface area contributed by atoms with Crippen LogP contribution in [0.4, 0.5) is 10.1 Å². The van der Waals surface area contributed by atoms with E-state index in [0.29, 0.717) is 6.42 Å². The van der Waals surface area contributed by atoms with E-state index in [0.717, 1.165) is 41.6 Å².